The number of halogens is 3. The van der Waals surface area contributed by atoms with Crippen LogP contribution in [0.3, 0.4) is 0 Å². The minimum absolute atomic E-state index is 0.0433. The number of carbonyl (C=O) groups is 2. The highest BCUT2D eigenvalue weighted by atomic mass is 19.4. The zero-order chi connectivity index (χ0) is 26.0. The van der Waals surface area contributed by atoms with Crippen molar-refractivity contribution in [1.82, 2.24) is 4.98 Å². The molecule has 0 fully saturated rings. The number of rotatable bonds is 5. The first-order chi connectivity index (χ1) is 17.8. The Morgan fingerprint density at radius 1 is 0.919 bits per heavy atom. The first-order valence-electron chi connectivity index (χ1n) is 11.7. The molecule has 0 atom stereocenters. The van der Waals surface area contributed by atoms with Crippen LogP contribution in [0.4, 0.5) is 24.5 Å². The van der Waals surface area contributed by atoms with E-state index in [2.05, 4.69) is 10.3 Å². The maximum Gasteiger partial charge on any atom is 0.416 e. The molecule has 5 rings (SSSR count). The predicted molar refractivity (Wildman–Crippen MR) is 135 cm³/mol. The van der Waals surface area contributed by atoms with Gasteiger partial charge in [0.15, 0.2) is 0 Å². The second-order valence-electron chi connectivity index (χ2n) is 8.75. The Labute approximate surface area is 211 Å². The molecule has 0 radical (unpaired) electrons. The van der Waals surface area contributed by atoms with Crippen molar-refractivity contribution in [1.29, 1.82) is 0 Å². The molecule has 0 spiro atoms. The predicted octanol–water partition coefficient (Wildman–Crippen LogP) is 6.15. The quantitative estimate of drug-likeness (QED) is 0.357. The number of benzene rings is 3. The fourth-order valence-electron chi connectivity index (χ4n) is 4.49. The van der Waals surface area contributed by atoms with E-state index in [9.17, 15) is 22.8 Å². The van der Waals surface area contributed by atoms with E-state index in [1.54, 1.807) is 78.0 Å². The molecule has 1 N–H and O–H groups in total. The van der Waals surface area contributed by atoms with Gasteiger partial charge in [0.1, 0.15) is 0 Å². The van der Waals surface area contributed by atoms with E-state index in [0.29, 0.717) is 29.8 Å². The number of anilines is 2. The van der Waals surface area contributed by atoms with Crippen LogP contribution in [0, 0.1) is 0 Å². The highest BCUT2D eigenvalue weighted by Crippen LogP contribution is 2.35. The molecule has 2 amide bonds. The van der Waals surface area contributed by atoms with Crippen LogP contribution in [-0.4, -0.2) is 23.3 Å². The van der Waals surface area contributed by atoms with E-state index in [4.69, 9.17) is 0 Å². The molecular formula is C29H22F3N3O2. The van der Waals surface area contributed by atoms with Crippen molar-refractivity contribution in [3.05, 3.63) is 114 Å². The standard InChI is InChI=1S/C29H22F3N3O2/c30-29(31,32)22-6-8-24(20-4-2-1-3-5-20)25(18-22)28(37)34-23-7-9-26-21(17-23)12-15-35(26)27(36)16-19-10-13-33-14-11-19/h1-11,13-14,17-18H,12,15-16H2,(H,34,37). The van der Waals surface area contributed by atoms with E-state index in [1.165, 1.54) is 6.07 Å². The number of nitrogens with zero attached hydrogens (tertiary/aromatic N) is 2. The number of nitrogens with one attached hydrogen (secondary N) is 1. The number of hydrogen-bond donors (Lipinski definition) is 1. The minimum atomic E-state index is -4.58. The van der Waals surface area contributed by atoms with Crippen LogP contribution in [0.5, 0.6) is 0 Å². The second-order valence-corrected chi connectivity index (χ2v) is 8.75. The maximum absolute atomic E-state index is 13.4. The number of pyridine rings is 1. The average molecular weight is 502 g/mol. The Hall–Kier alpha value is -4.46. The fraction of sp³-hybridized carbons (Fsp3) is 0.138. The third-order valence-corrected chi connectivity index (χ3v) is 6.31. The number of carbonyl (C=O) groups excluding carboxylic acids is 2. The molecule has 0 unspecified atom stereocenters. The van der Waals surface area contributed by atoms with Crippen LogP contribution < -0.4 is 10.2 Å². The molecule has 3 aromatic carbocycles. The summed E-state index contributed by atoms with van der Waals surface area (Å²) in [6, 6.07) is 20.8. The normalized spacial score (nSPS) is 12.8. The Morgan fingerprint density at radius 3 is 2.41 bits per heavy atom. The molecule has 0 bridgehead atoms. The topological polar surface area (TPSA) is 62.3 Å². The lowest BCUT2D eigenvalue weighted by Gasteiger charge is -2.18. The highest BCUT2D eigenvalue weighted by Gasteiger charge is 2.32. The van der Waals surface area contributed by atoms with Crippen LogP contribution in [0.2, 0.25) is 0 Å². The number of amides is 2. The molecule has 2 heterocycles. The summed E-state index contributed by atoms with van der Waals surface area (Å²) >= 11 is 0. The van der Waals surface area contributed by atoms with E-state index >= 15 is 0 Å². The largest absolute Gasteiger partial charge is 0.416 e. The van der Waals surface area contributed by atoms with Crippen molar-refractivity contribution < 1.29 is 22.8 Å². The van der Waals surface area contributed by atoms with Gasteiger partial charge in [-0.2, -0.15) is 13.2 Å². The maximum atomic E-state index is 13.4. The highest BCUT2D eigenvalue weighted by molar-refractivity contribution is 6.09. The third-order valence-electron chi connectivity index (χ3n) is 6.31. The molecule has 0 aliphatic carbocycles. The summed E-state index contributed by atoms with van der Waals surface area (Å²) in [5, 5.41) is 2.74. The van der Waals surface area contributed by atoms with E-state index in [0.717, 1.165) is 28.9 Å². The van der Waals surface area contributed by atoms with Gasteiger partial charge >= 0.3 is 6.18 Å². The number of aromatic nitrogens is 1. The van der Waals surface area contributed by atoms with Gasteiger partial charge in [0.05, 0.1) is 12.0 Å². The van der Waals surface area contributed by atoms with E-state index < -0.39 is 17.6 Å². The Balaban J connectivity index is 1.39. The van der Waals surface area contributed by atoms with Gasteiger partial charge in [0.2, 0.25) is 5.91 Å². The molecule has 186 valence electrons. The third kappa shape index (κ3) is 5.23. The first-order valence-corrected chi connectivity index (χ1v) is 11.7. The first kappa shape index (κ1) is 24.2. The number of hydrogen-bond acceptors (Lipinski definition) is 3. The van der Waals surface area contributed by atoms with E-state index in [1.807, 2.05) is 0 Å². The van der Waals surface area contributed by atoms with Gasteiger partial charge in [-0.3, -0.25) is 14.6 Å². The molecule has 0 saturated heterocycles. The summed E-state index contributed by atoms with van der Waals surface area (Å²) in [4.78, 5) is 31.7. The smallest absolute Gasteiger partial charge is 0.322 e. The van der Waals surface area contributed by atoms with Crippen molar-refractivity contribution >= 4 is 23.2 Å². The fourth-order valence-corrected chi connectivity index (χ4v) is 4.49. The summed E-state index contributed by atoms with van der Waals surface area (Å²) < 4.78 is 40.2. The summed E-state index contributed by atoms with van der Waals surface area (Å²) in [5.41, 5.74) is 3.04. The summed E-state index contributed by atoms with van der Waals surface area (Å²) in [6.07, 6.45) is -0.436. The molecular weight excluding hydrogens is 479 g/mol. The van der Waals surface area contributed by atoms with Gasteiger partial charge < -0.3 is 10.2 Å². The second kappa shape index (κ2) is 9.89. The molecule has 4 aromatic rings. The van der Waals surface area contributed by atoms with Gasteiger partial charge in [-0.15, -0.1) is 0 Å². The van der Waals surface area contributed by atoms with Crippen molar-refractivity contribution in [3.8, 4) is 11.1 Å². The van der Waals surface area contributed by atoms with Crippen molar-refractivity contribution in [2.75, 3.05) is 16.8 Å². The van der Waals surface area contributed by atoms with Crippen LogP contribution >= 0.6 is 0 Å². The Kier molecular flexibility index (Phi) is 6.48. The molecule has 8 heteroatoms. The zero-order valence-electron chi connectivity index (χ0n) is 19.6. The van der Waals surface area contributed by atoms with E-state index in [-0.39, 0.29) is 17.9 Å². The van der Waals surface area contributed by atoms with Gasteiger partial charge in [-0.1, -0.05) is 36.4 Å². The molecule has 1 aliphatic heterocycles. The van der Waals surface area contributed by atoms with Crippen molar-refractivity contribution in [3.63, 3.8) is 0 Å². The zero-order valence-corrected chi connectivity index (χ0v) is 19.6. The SMILES string of the molecule is O=C(Nc1ccc2c(c1)CCN2C(=O)Cc1ccncc1)c1cc(C(F)(F)F)ccc1-c1ccccc1. The average Bonchev–Trinajstić information content (AvgIpc) is 3.32. The lowest BCUT2D eigenvalue weighted by atomic mass is 9.96. The summed E-state index contributed by atoms with van der Waals surface area (Å²) in [5.74, 6) is -0.688. The molecule has 5 nitrogen and oxygen atoms in total. The Bertz CT molecular complexity index is 1450. The van der Waals surface area contributed by atoms with Crippen LogP contribution in [0.15, 0.2) is 91.3 Å². The summed E-state index contributed by atoms with van der Waals surface area (Å²) in [6.45, 7) is 0.516. The van der Waals surface area contributed by atoms with Crippen LogP contribution in [0.1, 0.15) is 27.0 Å². The molecule has 1 aliphatic rings. The molecule has 37 heavy (non-hydrogen) atoms. The summed E-state index contributed by atoms with van der Waals surface area (Å²) in [7, 11) is 0. The van der Waals surface area contributed by atoms with Gasteiger partial charge in [-0.25, -0.2) is 0 Å². The Morgan fingerprint density at radius 2 is 1.68 bits per heavy atom. The molecule has 0 saturated carbocycles. The van der Waals surface area contributed by atoms with Gasteiger partial charge in [0.25, 0.3) is 5.91 Å². The lowest BCUT2D eigenvalue weighted by molar-refractivity contribution is -0.137. The van der Waals surface area contributed by atoms with Crippen LogP contribution in [-0.2, 0) is 23.8 Å². The van der Waals surface area contributed by atoms with Crippen molar-refractivity contribution in [2.24, 2.45) is 0 Å². The van der Waals surface area contributed by atoms with Gasteiger partial charge in [0, 0.05) is 35.9 Å². The number of fused-ring (bicyclic) bond motifs is 1. The number of alkyl halides is 3. The van der Waals surface area contributed by atoms with Crippen molar-refractivity contribution in [2.45, 2.75) is 19.0 Å². The lowest BCUT2D eigenvalue weighted by Crippen LogP contribution is -2.30. The minimum Gasteiger partial charge on any atom is -0.322 e. The van der Waals surface area contributed by atoms with Crippen LogP contribution in [0.25, 0.3) is 11.1 Å². The monoisotopic (exact) mass is 501 g/mol. The van der Waals surface area contributed by atoms with Gasteiger partial charge in [-0.05, 0) is 71.1 Å². The molecule has 1 aromatic heterocycles.